The Bertz CT molecular complexity index is 649. The predicted octanol–water partition coefficient (Wildman–Crippen LogP) is -1.68. The van der Waals surface area contributed by atoms with Gasteiger partial charge in [-0.1, -0.05) is 0 Å². The van der Waals surface area contributed by atoms with Crippen LogP contribution >= 0.6 is 11.8 Å². The van der Waals surface area contributed by atoms with Crippen molar-refractivity contribution in [2.24, 2.45) is 0 Å². The van der Waals surface area contributed by atoms with Crippen molar-refractivity contribution in [1.82, 2.24) is 19.5 Å². The predicted molar refractivity (Wildman–Crippen MR) is 73.7 cm³/mol. The number of aliphatic hydroxyl groups excluding tert-OH is 3. The highest BCUT2D eigenvalue weighted by Crippen LogP contribution is 2.43. The van der Waals surface area contributed by atoms with Crippen LogP contribution in [0.2, 0.25) is 0 Å². The first-order valence-corrected chi connectivity index (χ1v) is 6.85. The Labute approximate surface area is 117 Å². The highest BCUT2D eigenvalue weighted by Gasteiger charge is 2.43. The summed E-state index contributed by atoms with van der Waals surface area (Å²) in [6.45, 7) is -0.231. The van der Waals surface area contributed by atoms with Crippen LogP contribution in [-0.2, 0) is 0 Å². The minimum atomic E-state index is -1.05. The van der Waals surface area contributed by atoms with E-state index in [1.807, 2.05) is 0 Å². The van der Waals surface area contributed by atoms with Crippen LogP contribution in [0, 0.1) is 0 Å². The van der Waals surface area contributed by atoms with E-state index in [0.717, 1.165) is 0 Å². The molecule has 4 atom stereocenters. The maximum Gasteiger partial charge on any atom is 0.224 e. The fourth-order valence-corrected chi connectivity index (χ4v) is 3.67. The topological polar surface area (TPSA) is 156 Å². The van der Waals surface area contributed by atoms with Crippen LogP contribution in [0.1, 0.15) is 5.37 Å². The molecule has 2 aromatic rings. The van der Waals surface area contributed by atoms with Crippen LogP contribution in [-0.4, -0.2) is 58.9 Å². The number of nitrogens with two attached hydrogens (primary N) is 2. The highest BCUT2D eigenvalue weighted by molar-refractivity contribution is 8.00. The lowest BCUT2D eigenvalue weighted by molar-refractivity contribution is 0.0113. The summed E-state index contributed by atoms with van der Waals surface area (Å²) in [5.41, 5.74) is 12.1. The maximum atomic E-state index is 10.1. The van der Waals surface area contributed by atoms with E-state index in [-0.39, 0.29) is 18.4 Å². The summed E-state index contributed by atoms with van der Waals surface area (Å²) in [7, 11) is 0. The molecule has 20 heavy (non-hydrogen) atoms. The molecule has 0 radical (unpaired) electrons. The van der Waals surface area contributed by atoms with Gasteiger partial charge in [0, 0.05) is 0 Å². The van der Waals surface area contributed by atoms with E-state index in [4.69, 9.17) is 11.5 Å². The summed E-state index contributed by atoms with van der Waals surface area (Å²) in [5.74, 6) is 0.174. The van der Waals surface area contributed by atoms with E-state index in [2.05, 4.69) is 15.0 Å². The Kier molecular flexibility index (Phi) is 3.17. The largest absolute Gasteiger partial charge is 0.395 e. The SMILES string of the molecule is Nc1nc(N)c2c(ncn2[C@H]2S[C@@H](CO)[C@@H](O)[C@@H]2O)n1. The Balaban J connectivity index is 2.07. The average Bonchev–Trinajstić information content (AvgIpc) is 2.93. The van der Waals surface area contributed by atoms with Crippen LogP contribution in [0.3, 0.4) is 0 Å². The zero-order valence-corrected chi connectivity index (χ0v) is 11.1. The molecule has 0 aromatic carbocycles. The quantitative estimate of drug-likeness (QED) is 0.436. The van der Waals surface area contributed by atoms with Gasteiger partial charge in [-0.25, -0.2) is 4.98 Å². The number of nitrogens with zero attached hydrogens (tertiary/aromatic N) is 4. The number of hydrogen-bond acceptors (Lipinski definition) is 9. The van der Waals surface area contributed by atoms with Crippen LogP contribution in [0.5, 0.6) is 0 Å². The molecule has 1 aliphatic heterocycles. The second-order valence-electron chi connectivity index (χ2n) is 4.52. The monoisotopic (exact) mass is 298 g/mol. The van der Waals surface area contributed by atoms with Gasteiger partial charge in [-0.2, -0.15) is 9.97 Å². The first-order chi connectivity index (χ1) is 9.52. The molecule has 9 nitrogen and oxygen atoms in total. The van der Waals surface area contributed by atoms with Crippen molar-refractivity contribution in [1.29, 1.82) is 0 Å². The lowest BCUT2D eigenvalue weighted by Gasteiger charge is -2.17. The third-order valence-electron chi connectivity index (χ3n) is 3.26. The zero-order valence-electron chi connectivity index (χ0n) is 10.3. The number of aliphatic hydroxyl groups is 3. The number of nitrogen functional groups attached to an aromatic ring is 2. The van der Waals surface area contributed by atoms with Crippen molar-refractivity contribution in [3.63, 3.8) is 0 Å². The van der Waals surface area contributed by atoms with Gasteiger partial charge in [0.25, 0.3) is 0 Å². The van der Waals surface area contributed by atoms with Crippen molar-refractivity contribution in [2.45, 2.75) is 22.8 Å². The van der Waals surface area contributed by atoms with Gasteiger partial charge in [-0.15, -0.1) is 11.8 Å². The number of thioether (sulfide) groups is 1. The van der Waals surface area contributed by atoms with E-state index in [0.29, 0.717) is 11.2 Å². The molecular weight excluding hydrogens is 284 g/mol. The molecule has 2 aromatic heterocycles. The van der Waals surface area contributed by atoms with Crippen molar-refractivity contribution < 1.29 is 15.3 Å². The van der Waals surface area contributed by atoms with E-state index in [1.165, 1.54) is 18.1 Å². The molecule has 7 N–H and O–H groups in total. The van der Waals surface area contributed by atoms with Gasteiger partial charge in [0.1, 0.15) is 17.0 Å². The molecule has 0 saturated carbocycles. The molecule has 0 bridgehead atoms. The average molecular weight is 298 g/mol. The molecule has 10 heteroatoms. The maximum absolute atomic E-state index is 10.1. The summed E-state index contributed by atoms with van der Waals surface area (Å²) < 4.78 is 1.60. The summed E-state index contributed by atoms with van der Waals surface area (Å²) in [5, 5.41) is 28.2. The number of anilines is 2. The lowest BCUT2D eigenvalue weighted by atomic mass is 10.1. The van der Waals surface area contributed by atoms with Crippen LogP contribution in [0.4, 0.5) is 11.8 Å². The third kappa shape index (κ3) is 1.88. The van der Waals surface area contributed by atoms with E-state index < -0.39 is 22.8 Å². The van der Waals surface area contributed by atoms with Gasteiger partial charge in [0.2, 0.25) is 5.95 Å². The van der Waals surface area contributed by atoms with Crippen LogP contribution in [0.25, 0.3) is 11.2 Å². The number of hydrogen-bond donors (Lipinski definition) is 5. The molecule has 3 heterocycles. The molecule has 1 fully saturated rings. The highest BCUT2D eigenvalue weighted by atomic mass is 32.2. The Hall–Kier alpha value is -1.62. The first kappa shape index (κ1) is 13.4. The first-order valence-electron chi connectivity index (χ1n) is 5.91. The standard InChI is InChI=1S/C10H14N6O3S/c11-7-4-8(15-10(12)14-7)13-2-16(4)9-6(19)5(18)3(1-17)20-9/h2-3,5-6,9,17-19H,1H2,(H4,11,12,14,15)/t3-,5+,6-,9-/m0/s1. The summed E-state index contributed by atoms with van der Waals surface area (Å²) in [6.07, 6.45) is -0.613. The van der Waals surface area contributed by atoms with Crippen molar-refractivity contribution in [3.05, 3.63) is 6.33 Å². The Morgan fingerprint density at radius 2 is 2.00 bits per heavy atom. The van der Waals surface area contributed by atoms with Crippen molar-refractivity contribution in [3.8, 4) is 0 Å². The van der Waals surface area contributed by atoms with E-state index >= 15 is 0 Å². The van der Waals surface area contributed by atoms with Gasteiger partial charge in [0.05, 0.1) is 24.3 Å². The molecule has 1 aliphatic rings. The fourth-order valence-electron chi connectivity index (χ4n) is 2.29. The second kappa shape index (κ2) is 4.74. The molecule has 3 rings (SSSR count). The molecule has 0 spiro atoms. The summed E-state index contributed by atoms with van der Waals surface area (Å²) >= 11 is 1.24. The van der Waals surface area contributed by atoms with Crippen LogP contribution in [0.15, 0.2) is 6.33 Å². The molecule has 0 unspecified atom stereocenters. The minimum Gasteiger partial charge on any atom is -0.395 e. The van der Waals surface area contributed by atoms with Gasteiger partial charge >= 0.3 is 0 Å². The molecule has 0 aliphatic carbocycles. The van der Waals surface area contributed by atoms with E-state index in [1.54, 1.807) is 4.57 Å². The molecule has 0 amide bonds. The molecule has 108 valence electrons. The number of aromatic nitrogens is 4. The second-order valence-corrected chi connectivity index (χ2v) is 5.88. The van der Waals surface area contributed by atoms with Gasteiger partial charge in [-0.3, -0.25) is 0 Å². The zero-order chi connectivity index (χ0) is 14.4. The van der Waals surface area contributed by atoms with E-state index in [9.17, 15) is 15.3 Å². The van der Waals surface area contributed by atoms with Gasteiger partial charge in [-0.05, 0) is 0 Å². The molecule has 1 saturated heterocycles. The lowest BCUT2D eigenvalue weighted by Crippen LogP contribution is -2.32. The Morgan fingerprint density at radius 1 is 1.25 bits per heavy atom. The number of rotatable bonds is 2. The van der Waals surface area contributed by atoms with Crippen molar-refractivity contribution in [2.75, 3.05) is 18.1 Å². The fraction of sp³-hybridized carbons (Fsp3) is 0.500. The normalized spacial score (nSPS) is 30.1. The summed E-state index contributed by atoms with van der Waals surface area (Å²) in [6, 6.07) is 0. The number of imidazole rings is 1. The van der Waals surface area contributed by atoms with Crippen LogP contribution < -0.4 is 11.5 Å². The molecular formula is C10H14N6O3S. The number of fused-ring (bicyclic) bond motifs is 1. The van der Waals surface area contributed by atoms with Gasteiger partial charge in [0.15, 0.2) is 11.5 Å². The summed E-state index contributed by atoms with van der Waals surface area (Å²) in [4.78, 5) is 11.9. The van der Waals surface area contributed by atoms with Crippen molar-refractivity contribution >= 4 is 34.7 Å². The third-order valence-corrected chi connectivity index (χ3v) is 4.83. The smallest absolute Gasteiger partial charge is 0.224 e. The Morgan fingerprint density at radius 3 is 2.65 bits per heavy atom. The minimum absolute atomic E-state index is 0.0214. The van der Waals surface area contributed by atoms with Gasteiger partial charge < -0.3 is 31.4 Å².